The Balaban J connectivity index is 1.39. The number of hydrogen-bond acceptors (Lipinski definition) is 7. The summed E-state index contributed by atoms with van der Waals surface area (Å²) in [5, 5.41) is 4.13. The SMILES string of the molecule is COC(=O)c1ccc(-c2noc(CN3CCCCC3CCc3ccccn3)n2)cc1. The van der Waals surface area contributed by atoms with Gasteiger partial charge in [-0.05, 0) is 56.5 Å². The Morgan fingerprint density at radius 3 is 2.83 bits per heavy atom. The van der Waals surface area contributed by atoms with Crippen LogP contribution in [0.4, 0.5) is 0 Å². The lowest BCUT2D eigenvalue weighted by atomic mass is 9.97. The number of aryl methyl sites for hydroxylation is 1. The second-order valence-corrected chi connectivity index (χ2v) is 7.56. The van der Waals surface area contributed by atoms with Crippen molar-refractivity contribution in [3.63, 3.8) is 0 Å². The van der Waals surface area contributed by atoms with Crippen LogP contribution in [-0.2, 0) is 17.7 Å². The maximum Gasteiger partial charge on any atom is 0.337 e. The summed E-state index contributed by atoms with van der Waals surface area (Å²) in [6.45, 7) is 1.69. The molecule has 1 unspecified atom stereocenters. The van der Waals surface area contributed by atoms with Gasteiger partial charge in [-0.3, -0.25) is 9.88 Å². The lowest BCUT2D eigenvalue weighted by Crippen LogP contribution is -2.39. The summed E-state index contributed by atoms with van der Waals surface area (Å²) >= 11 is 0. The minimum absolute atomic E-state index is 0.364. The first kappa shape index (κ1) is 20.2. The number of carbonyl (C=O) groups excluding carboxylic acids is 1. The highest BCUT2D eigenvalue weighted by molar-refractivity contribution is 5.89. The van der Waals surface area contributed by atoms with Crippen LogP contribution >= 0.6 is 0 Å². The van der Waals surface area contributed by atoms with Gasteiger partial charge in [0, 0.05) is 23.5 Å². The lowest BCUT2D eigenvalue weighted by Gasteiger charge is -2.34. The second-order valence-electron chi connectivity index (χ2n) is 7.56. The second kappa shape index (κ2) is 9.63. The average Bonchev–Trinajstić information content (AvgIpc) is 3.27. The number of rotatable bonds is 7. The van der Waals surface area contributed by atoms with Crippen LogP contribution in [0.2, 0.25) is 0 Å². The average molecular weight is 406 g/mol. The molecule has 1 fully saturated rings. The summed E-state index contributed by atoms with van der Waals surface area (Å²) in [5.74, 6) is 0.785. The van der Waals surface area contributed by atoms with E-state index in [0.29, 0.717) is 29.9 Å². The topological polar surface area (TPSA) is 81.4 Å². The number of ether oxygens (including phenoxy) is 1. The molecule has 0 bridgehead atoms. The van der Waals surface area contributed by atoms with Crippen molar-refractivity contribution in [2.75, 3.05) is 13.7 Å². The summed E-state index contributed by atoms with van der Waals surface area (Å²) in [7, 11) is 1.37. The van der Waals surface area contributed by atoms with Crippen molar-refractivity contribution < 1.29 is 14.1 Å². The third-order valence-corrected chi connectivity index (χ3v) is 5.58. The quantitative estimate of drug-likeness (QED) is 0.550. The number of piperidine rings is 1. The fourth-order valence-corrected chi connectivity index (χ4v) is 3.94. The number of likely N-dealkylation sites (tertiary alicyclic amines) is 1. The van der Waals surface area contributed by atoms with E-state index in [4.69, 9.17) is 9.26 Å². The molecule has 156 valence electrons. The Kier molecular flexibility index (Phi) is 6.49. The van der Waals surface area contributed by atoms with Crippen LogP contribution in [0, 0.1) is 0 Å². The monoisotopic (exact) mass is 406 g/mol. The van der Waals surface area contributed by atoms with E-state index in [1.807, 2.05) is 18.3 Å². The number of nitrogens with zero attached hydrogens (tertiary/aromatic N) is 4. The molecule has 1 saturated heterocycles. The number of pyridine rings is 1. The van der Waals surface area contributed by atoms with Gasteiger partial charge in [-0.2, -0.15) is 4.98 Å². The molecule has 0 amide bonds. The normalized spacial score (nSPS) is 17.0. The van der Waals surface area contributed by atoms with Crippen LogP contribution in [0.3, 0.4) is 0 Å². The van der Waals surface area contributed by atoms with Gasteiger partial charge in [0.25, 0.3) is 0 Å². The number of carbonyl (C=O) groups is 1. The first-order valence-corrected chi connectivity index (χ1v) is 10.4. The highest BCUT2D eigenvalue weighted by atomic mass is 16.5. The molecule has 7 heteroatoms. The number of esters is 1. The Hall–Kier alpha value is -3.06. The molecule has 1 aromatic carbocycles. The number of aromatic nitrogens is 3. The molecule has 4 rings (SSSR count). The van der Waals surface area contributed by atoms with Crippen LogP contribution in [-0.4, -0.2) is 45.7 Å². The molecule has 0 N–H and O–H groups in total. The Morgan fingerprint density at radius 2 is 2.07 bits per heavy atom. The zero-order chi connectivity index (χ0) is 20.8. The minimum atomic E-state index is -0.364. The molecule has 1 atom stereocenters. The maximum absolute atomic E-state index is 11.6. The molecule has 0 radical (unpaired) electrons. The van der Waals surface area contributed by atoms with E-state index >= 15 is 0 Å². The van der Waals surface area contributed by atoms with E-state index in [9.17, 15) is 4.79 Å². The van der Waals surface area contributed by atoms with E-state index in [1.54, 1.807) is 24.3 Å². The van der Waals surface area contributed by atoms with Gasteiger partial charge in [0.2, 0.25) is 11.7 Å². The van der Waals surface area contributed by atoms with Crippen molar-refractivity contribution in [3.8, 4) is 11.4 Å². The van der Waals surface area contributed by atoms with E-state index < -0.39 is 0 Å². The Labute approximate surface area is 176 Å². The summed E-state index contributed by atoms with van der Waals surface area (Å²) in [4.78, 5) is 23.0. The largest absolute Gasteiger partial charge is 0.465 e. The van der Waals surface area contributed by atoms with Gasteiger partial charge in [0.05, 0.1) is 19.2 Å². The zero-order valence-corrected chi connectivity index (χ0v) is 17.2. The first-order chi connectivity index (χ1) is 14.7. The van der Waals surface area contributed by atoms with Crippen molar-refractivity contribution in [2.45, 2.75) is 44.7 Å². The highest BCUT2D eigenvalue weighted by Crippen LogP contribution is 2.24. The van der Waals surface area contributed by atoms with E-state index in [0.717, 1.165) is 30.6 Å². The van der Waals surface area contributed by atoms with Crippen molar-refractivity contribution in [2.24, 2.45) is 0 Å². The molecular formula is C23H26N4O3. The molecule has 0 saturated carbocycles. The van der Waals surface area contributed by atoms with Crippen LogP contribution in [0.15, 0.2) is 53.2 Å². The zero-order valence-electron chi connectivity index (χ0n) is 17.2. The van der Waals surface area contributed by atoms with Crippen LogP contribution < -0.4 is 0 Å². The van der Waals surface area contributed by atoms with Crippen molar-refractivity contribution in [1.29, 1.82) is 0 Å². The van der Waals surface area contributed by atoms with Crippen LogP contribution in [0.25, 0.3) is 11.4 Å². The Morgan fingerprint density at radius 1 is 1.20 bits per heavy atom. The lowest BCUT2D eigenvalue weighted by molar-refractivity contribution is 0.0600. The molecule has 0 aliphatic carbocycles. The number of methoxy groups -OCH3 is 1. The van der Waals surface area contributed by atoms with Crippen molar-refractivity contribution >= 4 is 5.97 Å². The minimum Gasteiger partial charge on any atom is -0.465 e. The third kappa shape index (κ3) is 4.91. The smallest absolute Gasteiger partial charge is 0.337 e. The van der Waals surface area contributed by atoms with Crippen molar-refractivity contribution in [3.05, 3.63) is 65.8 Å². The van der Waals surface area contributed by atoms with Gasteiger partial charge in [0.1, 0.15) is 0 Å². The molecule has 1 aliphatic heterocycles. The summed E-state index contributed by atoms with van der Waals surface area (Å²) in [6.07, 6.45) is 7.53. The number of hydrogen-bond donors (Lipinski definition) is 0. The standard InChI is InChI=1S/C23H26N4O3/c1-29-23(28)18-10-8-17(9-11-18)22-25-21(30-26-22)16-27-15-5-3-7-20(27)13-12-19-6-2-4-14-24-19/h2,4,6,8-11,14,20H,3,5,7,12-13,15-16H2,1H3. The van der Waals surface area contributed by atoms with Crippen molar-refractivity contribution in [1.82, 2.24) is 20.0 Å². The van der Waals surface area contributed by atoms with Gasteiger partial charge >= 0.3 is 5.97 Å². The van der Waals surface area contributed by atoms with Crippen LogP contribution in [0.5, 0.6) is 0 Å². The highest BCUT2D eigenvalue weighted by Gasteiger charge is 2.24. The molecule has 1 aliphatic rings. The fraction of sp³-hybridized carbons (Fsp3) is 0.391. The van der Waals surface area contributed by atoms with Gasteiger partial charge in [-0.15, -0.1) is 0 Å². The van der Waals surface area contributed by atoms with Crippen LogP contribution in [0.1, 0.15) is 47.6 Å². The molecule has 3 heterocycles. The van der Waals surface area contributed by atoms with E-state index in [2.05, 4.69) is 26.1 Å². The van der Waals surface area contributed by atoms with Gasteiger partial charge in [-0.25, -0.2) is 4.79 Å². The predicted molar refractivity (Wildman–Crippen MR) is 112 cm³/mol. The summed E-state index contributed by atoms with van der Waals surface area (Å²) < 4.78 is 10.3. The molecule has 7 nitrogen and oxygen atoms in total. The maximum atomic E-state index is 11.6. The molecule has 0 spiro atoms. The Bertz CT molecular complexity index is 956. The molecule has 3 aromatic rings. The summed E-state index contributed by atoms with van der Waals surface area (Å²) in [6, 6.07) is 13.6. The predicted octanol–water partition coefficient (Wildman–Crippen LogP) is 3.91. The number of benzene rings is 1. The first-order valence-electron chi connectivity index (χ1n) is 10.4. The molecular weight excluding hydrogens is 380 g/mol. The summed E-state index contributed by atoms with van der Waals surface area (Å²) in [5.41, 5.74) is 2.44. The van der Waals surface area contributed by atoms with Gasteiger partial charge in [-0.1, -0.05) is 29.8 Å². The molecule has 2 aromatic heterocycles. The van der Waals surface area contributed by atoms with Gasteiger partial charge in [0.15, 0.2) is 0 Å². The third-order valence-electron chi connectivity index (χ3n) is 5.58. The fourth-order valence-electron chi connectivity index (χ4n) is 3.94. The molecule has 30 heavy (non-hydrogen) atoms. The van der Waals surface area contributed by atoms with Gasteiger partial charge < -0.3 is 9.26 Å². The van der Waals surface area contributed by atoms with E-state index in [1.165, 1.54) is 26.4 Å². The van der Waals surface area contributed by atoms with E-state index in [-0.39, 0.29) is 5.97 Å².